The number of β-lactam (4-membered cyclic amide) rings is 1. The number of aliphatic hydroxyl groups excluding tert-OH is 1. The van der Waals surface area contributed by atoms with Gasteiger partial charge in [-0.1, -0.05) is 18.6 Å². The third-order valence-corrected chi connectivity index (χ3v) is 7.02. The molecule has 1 saturated carbocycles. The molecule has 1 N–H and O–H groups in total. The Morgan fingerprint density at radius 3 is 2.32 bits per heavy atom. The molecule has 0 unspecified atom stereocenters. The van der Waals surface area contributed by atoms with E-state index in [0.29, 0.717) is 29.5 Å². The fraction of sp³-hybridized carbons (Fsp3) is 0.455. The molecule has 156 valence electrons. The minimum Gasteiger partial charge on any atom is -0.543 e. The first-order chi connectivity index (χ1) is 14.3. The minimum atomic E-state index is -1.43. The van der Waals surface area contributed by atoms with Crippen LogP contribution in [0.2, 0.25) is 0 Å². The molecular weight excluding hydrogens is 411 g/mol. The summed E-state index contributed by atoms with van der Waals surface area (Å²) in [5, 5.41) is 22.0. The summed E-state index contributed by atoms with van der Waals surface area (Å²) in [6, 6.07) is 6.22. The molecule has 1 aliphatic carbocycles. The van der Waals surface area contributed by atoms with Crippen LogP contribution in [0, 0.1) is 17.8 Å². The Morgan fingerprint density at radius 1 is 1.16 bits per heavy atom. The number of carbonyl (C=O) groups excluding carboxylic acids is 4. The van der Waals surface area contributed by atoms with Crippen molar-refractivity contribution in [3.8, 4) is 0 Å². The summed E-state index contributed by atoms with van der Waals surface area (Å²) in [5.74, 6) is -3.80. The summed E-state index contributed by atoms with van der Waals surface area (Å²) in [6.45, 7) is 1.61. The Labute approximate surface area is 201 Å². The summed E-state index contributed by atoms with van der Waals surface area (Å²) in [6.07, 6.45) is 1.22. The van der Waals surface area contributed by atoms with Crippen LogP contribution < -0.4 is 34.7 Å². The number of benzene rings is 1. The monoisotopic (exact) mass is 432 g/mol. The Kier molecular flexibility index (Phi) is 5.62. The van der Waals surface area contributed by atoms with Gasteiger partial charge in [0.05, 0.1) is 40.9 Å². The largest absolute Gasteiger partial charge is 1.00 e. The van der Waals surface area contributed by atoms with Gasteiger partial charge >= 0.3 is 29.6 Å². The number of aliphatic carboxylic acids is 1. The second-order valence-corrected chi connectivity index (χ2v) is 8.56. The second kappa shape index (κ2) is 7.85. The molecular formula is C22H21N2NaO6. The number of hydrogen-bond acceptors (Lipinski definition) is 6. The minimum absolute atomic E-state index is 0. The molecule has 1 saturated heterocycles. The van der Waals surface area contributed by atoms with Gasteiger partial charge in [0.2, 0.25) is 5.91 Å². The smallest absolute Gasteiger partial charge is 0.543 e. The van der Waals surface area contributed by atoms with Gasteiger partial charge in [0.25, 0.3) is 11.8 Å². The number of carboxylic acids is 1. The molecule has 4 aliphatic rings. The van der Waals surface area contributed by atoms with E-state index >= 15 is 0 Å². The topological polar surface area (TPSA) is 118 Å². The van der Waals surface area contributed by atoms with E-state index in [4.69, 9.17) is 0 Å². The Balaban J connectivity index is 0.00000231. The Hall–Kier alpha value is -2.00. The van der Waals surface area contributed by atoms with Crippen molar-refractivity contribution in [3.05, 3.63) is 46.7 Å². The number of nitrogens with zero attached hydrogens (tertiary/aromatic N) is 2. The van der Waals surface area contributed by atoms with Crippen LogP contribution in [0.15, 0.2) is 35.5 Å². The van der Waals surface area contributed by atoms with Crippen LogP contribution in [-0.4, -0.2) is 57.3 Å². The molecule has 3 amide bonds. The van der Waals surface area contributed by atoms with Crippen LogP contribution >= 0.6 is 0 Å². The molecule has 3 heterocycles. The van der Waals surface area contributed by atoms with Gasteiger partial charge in [-0.25, -0.2) is 0 Å². The fourth-order valence-corrected chi connectivity index (χ4v) is 5.81. The van der Waals surface area contributed by atoms with Gasteiger partial charge in [0, 0.05) is 18.4 Å². The zero-order valence-corrected chi connectivity index (χ0v) is 19.4. The van der Waals surface area contributed by atoms with E-state index in [9.17, 15) is 29.4 Å². The van der Waals surface area contributed by atoms with Gasteiger partial charge in [-0.15, -0.1) is 0 Å². The zero-order chi connectivity index (χ0) is 21.3. The van der Waals surface area contributed by atoms with Gasteiger partial charge in [0.1, 0.15) is 0 Å². The number of amides is 3. The van der Waals surface area contributed by atoms with Crippen LogP contribution in [0.1, 0.15) is 46.9 Å². The molecule has 2 fully saturated rings. The van der Waals surface area contributed by atoms with Crippen molar-refractivity contribution in [2.45, 2.75) is 38.3 Å². The summed E-state index contributed by atoms with van der Waals surface area (Å²) >= 11 is 0. The molecule has 0 spiro atoms. The quantitative estimate of drug-likeness (QED) is 0.307. The number of carboxylic acid groups (broad SMARTS) is 1. The first-order valence-corrected chi connectivity index (χ1v) is 10.2. The molecule has 9 heteroatoms. The summed E-state index contributed by atoms with van der Waals surface area (Å²) in [5.41, 5.74) is 1.15. The van der Waals surface area contributed by atoms with E-state index in [1.807, 2.05) is 0 Å². The van der Waals surface area contributed by atoms with Crippen LogP contribution in [0.5, 0.6) is 0 Å². The molecule has 8 nitrogen and oxygen atoms in total. The van der Waals surface area contributed by atoms with E-state index in [1.165, 1.54) is 16.7 Å². The van der Waals surface area contributed by atoms with E-state index < -0.39 is 29.9 Å². The van der Waals surface area contributed by atoms with Crippen LogP contribution in [-0.2, 0) is 9.59 Å². The first-order valence-electron chi connectivity index (χ1n) is 10.2. The summed E-state index contributed by atoms with van der Waals surface area (Å²) < 4.78 is 0. The molecule has 3 aliphatic heterocycles. The number of carbonyl (C=O) groups is 4. The molecule has 1 aromatic carbocycles. The predicted octanol–water partition coefficient (Wildman–Crippen LogP) is -3.07. The van der Waals surface area contributed by atoms with Crippen LogP contribution in [0.3, 0.4) is 0 Å². The standard InChI is InChI=1S/C22H22N2O6.Na/c1-10(25)15-17-14-8-4-5-11(16(14)18(22(29)30)24(17)21(15)28)9-23-19(26)12-6-2-3-7-13(12)20(23)27;/h2-3,6-7,10-11,14-15,17,25H,4-5,8-9H2,1H3,(H,29,30);/q;+1/p-1/t10-,11-,14+,15-,17-;/m1./s1. The average molecular weight is 432 g/mol. The van der Waals surface area contributed by atoms with Gasteiger partial charge < -0.3 is 19.9 Å². The van der Waals surface area contributed by atoms with Crippen molar-refractivity contribution in [2.75, 3.05) is 6.54 Å². The molecule has 31 heavy (non-hydrogen) atoms. The van der Waals surface area contributed by atoms with Crippen molar-refractivity contribution in [1.82, 2.24) is 9.80 Å². The molecule has 1 aromatic rings. The van der Waals surface area contributed by atoms with Crippen molar-refractivity contribution in [2.24, 2.45) is 17.8 Å². The second-order valence-electron chi connectivity index (χ2n) is 8.56. The Bertz CT molecular complexity index is 1000. The molecule has 5 rings (SSSR count). The number of hydrogen-bond donors (Lipinski definition) is 1. The van der Waals surface area contributed by atoms with Crippen molar-refractivity contribution in [1.29, 1.82) is 0 Å². The van der Waals surface area contributed by atoms with E-state index in [1.54, 1.807) is 24.3 Å². The third kappa shape index (κ3) is 3.03. The van der Waals surface area contributed by atoms with Crippen molar-refractivity contribution < 1.29 is 58.9 Å². The molecule has 0 aromatic heterocycles. The molecule has 5 atom stereocenters. The van der Waals surface area contributed by atoms with Crippen molar-refractivity contribution >= 4 is 23.7 Å². The van der Waals surface area contributed by atoms with Crippen molar-refractivity contribution in [3.63, 3.8) is 0 Å². The number of fused-ring (bicyclic) bond motifs is 4. The molecule has 0 radical (unpaired) electrons. The van der Waals surface area contributed by atoms with Gasteiger partial charge in [-0.3, -0.25) is 19.3 Å². The van der Waals surface area contributed by atoms with E-state index in [0.717, 1.165) is 6.42 Å². The van der Waals surface area contributed by atoms with Gasteiger partial charge in [-0.2, -0.15) is 0 Å². The number of imide groups is 1. The van der Waals surface area contributed by atoms with Gasteiger partial charge in [0.15, 0.2) is 0 Å². The van der Waals surface area contributed by atoms with E-state index in [2.05, 4.69) is 0 Å². The maximum atomic E-state index is 12.8. The number of rotatable bonds is 4. The summed E-state index contributed by atoms with van der Waals surface area (Å²) in [7, 11) is 0. The maximum Gasteiger partial charge on any atom is 1.00 e. The SMILES string of the molecule is C[C@@H](O)[C@H]1C(=O)N2C(C(=O)[O-])=C3[C@@H](CN4C(=O)c5ccccc5C4=O)CCC[C@@H]3[C@H]12.[Na+]. The van der Waals surface area contributed by atoms with Crippen LogP contribution in [0.4, 0.5) is 0 Å². The van der Waals surface area contributed by atoms with Crippen LogP contribution in [0.25, 0.3) is 0 Å². The van der Waals surface area contributed by atoms with Gasteiger partial charge in [-0.05, 0) is 37.5 Å². The zero-order valence-electron chi connectivity index (χ0n) is 17.4. The third-order valence-electron chi connectivity index (χ3n) is 7.02. The summed E-state index contributed by atoms with van der Waals surface area (Å²) in [4.78, 5) is 52.6. The fourth-order valence-electron chi connectivity index (χ4n) is 5.81. The normalized spacial score (nSPS) is 29.8. The number of aliphatic hydroxyl groups is 1. The average Bonchev–Trinajstić information content (AvgIpc) is 3.14. The molecule has 0 bridgehead atoms. The maximum absolute atomic E-state index is 12.8. The Morgan fingerprint density at radius 2 is 1.77 bits per heavy atom. The predicted molar refractivity (Wildman–Crippen MR) is 100 cm³/mol. The first kappa shape index (κ1) is 22.2. The van der Waals surface area contributed by atoms with E-state index in [-0.39, 0.29) is 65.4 Å².